The summed E-state index contributed by atoms with van der Waals surface area (Å²) in [5, 5.41) is 3.85. The molecule has 0 spiro atoms. The molecule has 2 rings (SSSR count). The van der Waals surface area contributed by atoms with Gasteiger partial charge in [0.25, 0.3) is 0 Å². The molecule has 106 valence electrons. The molecule has 5 heteroatoms. The molecule has 2 aromatic carbocycles. The van der Waals surface area contributed by atoms with E-state index in [4.69, 9.17) is 11.6 Å². The Kier molecular flexibility index (Phi) is 5.61. The molecular formula is C15H13Br2ClFN. The SMILES string of the molecule is CNC(Cc1ccc(Br)cc1F)c1ccc(Br)c(Cl)c1. The number of hydrogen-bond acceptors (Lipinski definition) is 1. The highest BCUT2D eigenvalue weighted by Crippen LogP contribution is 2.28. The molecule has 0 amide bonds. The van der Waals surface area contributed by atoms with Crippen LogP contribution in [0.4, 0.5) is 4.39 Å². The minimum atomic E-state index is -0.206. The van der Waals surface area contributed by atoms with Crippen molar-refractivity contribution in [3.05, 3.63) is 67.3 Å². The summed E-state index contributed by atoms with van der Waals surface area (Å²) in [7, 11) is 1.86. The molecule has 0 saturated carbocycles. The van der Waals surface area contributed by atoms with Crippen LogP contribution in [0.25, 0.3) is 0 Å². The fourth-order valence-electron chi connectivity index (χ4n) is 2.02. The molecule has 0 aliphatic carbocycles. The standard InChI is InChI=1S/C15H13Br2ClFN/c1-20-15(10-3-5-12(17)13(18)6-10)7-9-2-4-11(16)8-14(9)19/h2-6,8,15,20H,7H2,1H3. The summed E-state index contributed by atoms with van der Waals surface area (Å²) in [6, 6.07) is 10.9. The Labute approximate surface area is 139 Å². The lowest BCUT2D eigenvalue weighted by atomic mass is 9.99. The van der Waals surface area contributed by atoms with E-state index in [1.165, 1.54) is 6.07 Å². The second-order valence-corrected chi connectivity index (χ2v) is 6.63. The quantitative estimate of drug-likeness (QED) is 0.687. The van der Waals surface area contributed by atoms with Crippen molar-refractivity contribution in [1.29, 1.82) is 0 Å². The fraction of sp³-hybridized carbons (Fsp3) is 0.200. The molecule has 0 heterocycles. The lowest BCUT2D eigenvalue weighted by molar-refractivity contribution is 0.554. The van der Waals surface area contributed by atoms with Crippen molar-refractivity contribution in [2.24, 2.45) is 0 Å². The molecular weight excluding hydrogens is 408 g/mol. The summed E-state index contributed by atoms with van der Waals surface area (Å²) >= 11 is 12.7. The topological polar surface area (TPSA) is 12.0 Å². The van der Waals surface area contributed by atoms with Crippen LogP contribution in [0, 0.1) is 5.82 Å². The van der Waals surface area contributed by atoms with Gasteiger partial charge in [0.2, 0.25) is 0 Å². The van der Waals surface area contributed by atoms with Gasteiger partial charge in [-0.25, -0.2) is 4.39 Å². The number of rotatable bonds is 4. The molecule has 0 aliphatic heterocycles. The maximum absolute atomic E-state index is 13.9. The van der Waals surface area contributed by atoms with Gasteiger partial charge < -0.3 is 5.32 Å². The minimum Gasteiger partial charge on any atom is -0.313 e. The molecule has 0 aliphatic rings. The predicted molar refractivity (Wildman–Crippen MR) is 88.8 cm³/mol. The van der Waals surface area contributed by atoms with E-state index in [-0.39, 0.29) is 11.9 Å². The van der Waals surface area contributed by atoms with Crippen LogP contribution in [0.1, 0.15) is 17.2 Å². The van der Waals surface area contributed by atoms with E-state index in [0.717, 1.165) is 14.5 Å². The molecule has 0 fully saturated rings. The molecule has 20 heavy (non-hydrogen) atoms. The van der Waals surface area contributed by atoms with Crippen LogP contribution < -0.4 is 5.32 Å². The lowest BCUT2D eigenvalue weighted by Crippen LogP contribution is -2.19. The number of hydrogen-bond donors (Lipinski definition) is 1. The first kappa shape index (κ1) is 16.0. The second-order valence-electron chi connectivity index (χ2n) is 4.45. The Morgan fingerprint density at radius 1 is 1.20 bits per heavy atom. The zero-order valence-corrected chi connectivity index (χ0v) is 14.7. The molecule has 1 unspecified atom stereocenters. The fourth-order valence-corrected chi connectivity index (χ4v) is 2.79. The second kappa shape index (κ2) is 7.03. The van der Waals surface area contributed by atoms with Crippen LogP contribution in [-0.4, -0.2) is 7.05 Å². The highest BCUT2D eigenvalue weighted by atomic mass is 79.9. The van der Waals surface area contributed by atoms with Crippen LogP contribution in [0.2, 0.25) is 5.02 Å². The third kappa shape index (κ3) is 3.82. The molecule has 0 radical (unpaired) electrons. The highest BCUT2D eigenvalue weighted by molar-refractivity contribution is 9.10. The van der Waals surface area contributed by atoms with Crippen molar-refractivity contribution in [2.45, 2.75) is 12.5 Å². The van der Waals surface area contributed by atoms with Gasteiger partial charge in [-0.05, 0) is 64.8 Å². The lowest BCUT2D eigenvalue weighted by Gasteiger charge is -2.18. The predicted octanol–water partition coefficient (Wildman–Crippen LogP) is 5.51. The van der Waals surface area contributed by atoms with Crippen LogP contribution in [0.5, 0.6) is 0 Å². The summed E-state index contributed by atoms with van der Waals surface area (Å²) < 4.78 is 15.5. The van der Waals surface area contributed by atoms with E-state index in [2.05, 4.69) is 37.2 Å². The van der Waals surface area contributed by atoms with Crippen molar-refractivity contribution in [1.82, 2.24) is 5.32 Å². The van der Waals surface area contributed by atoms with Crippen molar-refractivity contribution < 1.29 is 4.39 Å². The van der Waals surface area contributed by atoms with Gasteiger partial charge in [0.05, 0.1) is 5.02 Å². The average Bonchev–Trinajstić information content (AvgIpc) is 2.41. The summed E-state index contributed by atoms with van der Waals surface area (Å²) in [6.45, 7) is 0. The maximum atomic E-state index is 13.9. The molecule has 0 aromatic heterocycles. The zero-order valence-electron chi connectivity index (χ0n) is 10.8. The Balaban J connectivity index is 2.26. The van der Waals surface area contributed by atoms with E-state index in [1.807, 2.05) is 31.3 Å². The molecule has 1 nitrogen and oxygen atoms in total. The minimum absolute atomic E-state index is 0.0104. The monoisotopic (exact) mass is 419 g/mol. The first-order chi connectivity index (χ1) is 9.51. The van der Waals surface area contributed by atoms with Crippen molar-refractivity contribution in [3.63, 3.8) is 0 Å². The van der Waals surface area contributed by atoms with Crippen molar-refractivity contribution in [3.8, 4) is 0 Å². The largest absolute Gasteiger partial charge is 0.313 e. The van der Waals surface area contributed by atoms with Crippen LogP contribution >= 0.6 is 43.5 Å². The van der Waals surface area contributed by atoms with E-state index >= 15 is 0 Å². The van der Waals surface area contributed by atoms with Gasteiger partial charge in [-0.3, -0.25) is 0 Å². The molecule has 2 aromatic rings. The summed E-state index contributed by atoms with van der Waals surface area (Å²) in [5.74, 6) is -0.206. The van der Waals surface area contributed by atoms with Gasteiger partial charge in [-0.2, -0.15) is 0 Å². The van der Waals surface area contributed by atoms with Crippen molar-refractivity contribution >= 4 is 43.5 Å². The Hall–Kier alpha value is -0.420. The Morgan fingerprint density at radius 2 is 1.95 bits per heavy atom. The molecule has 1 N–H and O–H groups in total. The molecule has 1 atom stereocenters. The number of halogens is 4. The summed E-state index contributed by atoms with van der Waals surface area (Å²) in [6.07, 6.45) is 0.563. The van der Waals surface area contributed by atoms with Crippen LogP contribution in [0.15, 0.2) is 45.3 Å². The van der Waals surface area contributed by atoms with E-state index in [9.17, 15) is 4.39 Å². The van der Waals surface area contributed by atoms with Crippen LogP contribution in [-0.2, 0) is 6.42 Å². The molecule has 0 saturated heterocycles. The van der Waals surface area contributed by atoms with Gasteiger partial charge in [0, 0.05) is 15.0 Å². The molecule has 0 bridgehead atoms. The highest BCUT2D eigenvalue weighted by Gasteiger charge is 2.14. The first-order valence-corrected chi connectivity index (χ1v) is 8.04. The number of benzene rings is 2. The first-order valence-electron chi connectivity index (χ1n) is 6.07. The van der Waals surface area contributed by atoms with Gasteiger partial charge >= 0.3 is 0 Å². The normalized spacial score (nSPS) is 12.4. The van der Waals surface area contributed by atoms with E-state index < -0.39 is 0 Å². The van der Waals surface area contributed by atoms with Gasteiger partial charge in [-0.1, -0.05) is 39.7 Å². The zero-order chi connectivity index (χ0) is 14.7. The van der Waals surface area contributed by atoms with Crippen molar-refractivity contribution in [2.75, 3.05) is 7.05 Å². The third-order valence-corrected chi connectivity index (χ3v) is 4.86. The summed E-state index contributed by atoms with van der Waals surface area (Å²) in [4.78, 5) is 0. The average molecular weight is 422 g/mol. The third-order valence-electron chi connectivity index (χ3n) is 3.13. The van der Waals surface area contributed by atoms with Gasteiger partial charge in [-0.15, -0.1) is 0 Å². The maximum Gasteiger partial charge on any atom is 0.127 e. The number of nitrogens with one attached hydrogen (secondary N) is 1. The Morgan fingerprint density at radius 3 is 2.55 bits per heavy atom. The van der Waals surface area contributed by atoms with Crippen LogP contribution in [0.3, 0.4) is 0 Å². The van der Waals surface area contributed by atoms with Gasteiger partial charge in [0.1, 0.15) is 5.82 Å². The smallest absolute Gasteiger partial charge is 0.127 e. The number of likely N-dealkylation sites (N-methyl/N-ethyl adjacent to an activating group) is 1. The van der Waals surface area contributed by atoms with Gasteiger partial charge in [0.15, 0.2) is 0 Å². The van der Waals surface area contributed by atoms with E-state index in [1.54, 1.807) is 6.07 Å². The summed E-state index contributed by atoms with van der Waals surface area (Å²) in [5.41, 5.74) is 1.70. The Bertz CT molecular complexity index is 619. The van der Waals surface area contributed by atoms with E-state index in [0.29, 0.717) is 17.0 Å².